The van der Waals surface area contributed by atoms with E-state index >= 15 is 0 Å². The SMILES string of the molecule is O=C(c1cccc(O)c1)N1CCN(c2ncc(C(F)(F)F)cn2)CC1. The van der Waals surface area contributed by atoms with Crippen molar-refractivity contribution < 1.29 is 23.1 Å². The Bertz CT molecular complexity index is 757. The number of hydrogen-bond donors (Lipinski definition) is 1. The van der Waals surface area contributed by atoms with Crippen LogP contribution in [-0.2, 0) is 6.18 Å². The van der Waals surface area contributed by atoms with Gasteiger partial charge in [0.15, 0.2) is 0 Å². The number of anilines is 1. The van der Waals surface area contributed by atoms with Crippen molar-refractivity contribution in [2.24, 2.45) is 0 Å². The predicted octanol–water partition coefficient (Wildman–Crippen LogP) is 2.16. The third-order valence-electron chi connectivity index (χ3n) is 3.91. The Balaban J connectivity index is 1.63. The Morgan fingerprint density at radius 1 is 1.08 bits per heavy atom. The van der Waals surface area contributed by atoms with Crippen molar-refractivity contribution in [1.29, 1.82) is 0 Å². The van der Waals surface area contributed by atoms with Gasteiger partial charge >= 0.3 is 6.18 Å². The highest BCUT2D eigenvalue weighted by atomic mass is 19.4. The zero-order chi connectivity index (χ0) is 18.0. The lowest BCUT2D eigenvalue weighted by Gasteiger charge is -2.34. The highest BCUT2D eigenvalue weighted by molar-refractivity contribution is 5.94. The van der Waals surface area contributed by atoms with Crippen molar-refractivity contribution in [1.82, 2.24) is 14.9 Å². The van der Waals surface area contributed by atoms with E-state index in [9.17, 15) is 23.1 Å². The van der Waals surface area contributed by atoms with Crippen LogP contribution in [0.4, 0.5) is 19.1 Å². The zero-order valence-electron chi connectivity index (χ0n) is 13.1. The molecule has 0 atom stereocenters. The van der Waals surface area contributed by atoms with E-state index < -0.39 is 11.7 Å². The van der Waals surface area contributed by atoms with Crippen molar-refractivity contribution in [3.8, 4) is 5.75 Å². The van der Waals surface area contributed by atoms with Crippen molar-refractivity contribution in [3.63, 3.8) is 0 Å². The summed E-state index contributed by atoms with van der Waals surface area (Å²) in [6, 6.07) is 6.09. The van der Waals surface area contributed by atoms with Crippen molar-refractivity contribution in [2.45, 2.75) is 6.18 Å². The van der Waals surface area contributed by atoms with Crippen LogP contribution >= 0.6 is 0 Å². The quantitative estimate of drug-likeness (QED) is 0.897. The van der Waals surface area contributed by atoms with Gasteiger partial charge in [-0.3, -0.25) is 4.79 Å². The molecule has 0 aliphatic carbocycles. The fourth-order valence-corrected chi connectivity index (χ4v) is 2.56. The van der Waals surface area contributed by atoms with Gasteiger partial charge in [-0.2, -0.15) is 13.2 Å². The fourth-order valence-electron chi connectivity index (χ4n) is 2.56. The summed E-state index contributed by atoms with van der Waals surface area (Å²) in [5, 5.41) is 9.46. The van der Waals surface area contributed by atoms with Gasteiger partial charge in [-0.25, -0.2) is 9.97 Å². The first-order valence-corrected chi connectivity index (χ1v) is 7.57. The lowest BCUT2D eigenvalue weighted by atomic mass is 10.1. The number of hydrogen-bond acceptors (Lipinski definition) is 5. The summed E-state index contributed by atoms with van der Waals surface area (Å²) in [6.45, 7) is 1.60. The summed E-state index contributed by atoms with van der Waals surface area (Å²) < 4.78 is 37.6. The molecule has 2 heterocycles. The number of carbonyl (C=O) groups excluding carboxylic acids is 1. The van der Waals surface area contributed by atoms with Crippen LogP contribution in [0.1, 0.15) is 15.9 Å². The Hall–Kier alpha value is -2.84. The molecular weight excluding hydrogens is 337 g/mol. The summed E-state index contributed by atoms with van der Waals surface area (Å²) in [5.41, 5.74) is -0.506. The van der Waals surface area contributed by atoms with E-state index in [2.05, 4.69) is 9.97 Å². The molecule has 0 saturated carbocycles. The molecule has 1 fully saturated rings. The van der Waals surface area contributed by atoms with Gasteiger partial charge in [0.1, 0.15) is 5.75 Å². The number of piperazine rings is 1. The van der Waals surface area contributed by atoms with Crippen LogP contribution < -0.4 is 4.90 Å². The molecule has 9 heteroatoms. The molecule has 2 aromatic rings. The summed E-state index contributed by atoms with van der Waals surface area (Å²) >= 11 is 0. The lowest BCUT2D eigenvalue weighted by molar-refractivity contribution is -0.138. The first kappa shape index (κ1) is 17.0. The van der Waals surface area contributed by atoms with Gasteiger partial charge in [-0.1, -0.05) is 6.07 Å². The van der Waals surface area contributed by atoms with E-state index in [1.165, 1.54) is 12.1 Å². The first-order valence-electron chi connectivity index (χ1n) is 7.57. The summed E-state index contributed by atoms with van der Waals surface area (Å²) in [5.74, 6) is 0.0176. The number of phenolic OH excluding ortho intramolecular Hbond substituents is 1. The van der Waals surface area contributed by atoms with E-state index in [-0.39, 0.29) is 17.6 Å². The number of halogens is 3. The molecule has 6 nitrogen and oxygen atoms in total. The number of nitrogens with zero attached hydrogens (tertiary/aromatic N) is 4. The third-order valence-corrected chi connectivity index (χ3v) is 3.91. The summed E-state index contributed by atoms with van der Waals surface area (Å²) in [4.78, 5) is 23.3. The van der Waals surface area contributed by atoms with Crippen LogP contribution in [0.25, 0.3) is 0 Å². The van der Waals surface area contributed by atoms with Crippen molar-refractivity contribution >= 4 is 11.9 Å². The van der Waals surface area contributed by atoms with Gasteiger partial charge in [-0.05, 0) is 18.2 Å². The first-order chi connectivity index (χ1) is 11.8. The number of aromatic nitrogens is 2. The summed E-state index contributed by atoms with van der Waals surface area (Å²) in [6.07, 6.45) is -2.95. The molecule has 1 aliphatic heterocycles. The summed E-state index contributed by atoms with van der Waals surface area (Å²) in [7, 11) is 0. The molecule has 25 heavy (non-hydrogen) atoms. The Kier molecular flexibility index (Phi) is 4.47. The maximum absolute atomic E-state index is 12.5. The molecule has 0 unspecified atom stereocenters. The normalized spacial score (nSPS) is 15.3. The molecule has 0 radical (unpaired) electrons. The van der Waals surface area contributed by atoms with E-state index in [1.54, 1.807) is 21.9 Å². The smallest absolute Gasteiger partial charge is 0.419 e. The van der Waals surface area contributed by atoms with Gasteiger partial charge in [0, 0.05) is 44.1 Å². The van der Waals surface area contributed by atoms with E-state index in [0.29, 0.717) is 31.7 Å². The van der Waals surface area contributed by atoms with E-state index in [0.717, 1.165) is 12.4 Å². The number of rotatable bonds is 2. The van der Waals surface area contributed by atoms with Crippen molar-refractivity contribution in [3.05, 3.63) is 47.8 Å². The monoisotopic (exact) mass is 352 g/mol. The number of phenols is 1. The standard InChI is InChI=1S/C16H15F3N4O2/c17-16(18,19)12-9-20-15(21-10-12)23-6-4-22(5-7-23)14(25)11-2-1-3-13(24)8-11/h1-3,8-10,24H,4-7H2. The highest BCUT2D eigenvalue weighted by Crippen LogP contribution is 2.28. The molecule has 1 N–H and O–H groups in total. The molecule has 0 spiro atoms. The number of aromatic hydroxyl groups is 1. The van der Waals surface area contributed by atoms with Crippen LogP contribution in [0.3, 0.4) is 0 Å². The second-order valence-corrected chi connectivity index (χ2v) is 5.60. The van der Waals surface area contributed by atoms with Crippen LogP contribution in [-0.4, -0.2) is 52.1 Å². The number of amides is 1. The molecule has 1 aromatic carbocycles. The van der Waals surface area contributed by atoms with Gasteiger partial charge < -0.3 is 14.9 Å². The molecule has 132 valence electrons. The molecule has 0 bridgehead atoms. The van der Waals surface area contributed by atoms with Crippen LogP contribution in [0.5, 0.6) is 5.75 Å². The van der Waals surface area contributed by atoms with E-state index in [1.807, 2.05) is 0 Å². The van der Waals surface area contributed by atoms with Gasteiger partial charge in [0.2, 0.25) is 5.95 Å². The molecular formula is C16H15F3N4O2. The number of alkyl halides is 3. The number of benzene rings is 1. The van der Waals surface area contributed by atoms with Crippen LogP contribution in [0, 0.1) is 0 Å². The molecule has 3 rings (SSSR count). The van der Waals surface area contributed by atoms with Gasteiger partial charge in [0.05, 0.1) is 5.56 Å². The highest BCUT2D eigenvalue weighted by Gasteiger charge is 2.32. The predicted molar refractivity (Wildman–Crippen MR) is 83.3 cm³/mol. The van der Waals surface area contributed by atoms with Crippen LogP contribution in [0.2, 0.25) is 0 Å². The zero-order valence-corrected chi connectivity index (χ0v) is 13.1. The minimum atomic E-state index is -4.47. The van der Waals surface area contributed by atoms with E-state index in [4.69, 9.17) is 0 Å². The molecule has 1 saturated heterocycles. The molecule has 1 aliphatic rings. The molecule has 1 aromatic heterocycles. The van der Waals surface area contributed by atoms with Crippen LogP contribution in [0.15, 0.2) is 36.7 Å². The Morgan fingerprint density at radius 3 is 2.28 bits per heavy atom. The largest absolute Gasteiger partial charge is 0.508 e. The van der Waals surface area contributed by atoms with Gasteiger partial charge in [-0.15, -0.1) is 0 Å². The average molecular weight is 352 g/mol. The maximum Gasteiger partial charge on any atom is 0.419 e. The maximum atomic E-state index is 12.5. The average Bonchev–Trinajstić information content (AvgIpc) is 2.61. The molecule has 1 amide bonds. The minimum Gasteiger partial charge on any atom is -0.508 e. The lowest BCUT2D eigenvalue weighted by Crippen LogP contribution is -2.49. The van der Waals surface area contributed by atoms with Gasteiger partial charge in [0.25, 0.3) is 5.91 Å². The fraction of sp³-hybridized carbons (Fsp3) is 0.312. The Morgan fingerprint density at radius 2 is 1.72 bits per heavy atom. The minimum absolute atomic E-state index is 0.0163. The topological polar surface area (TPSA) is 69.6 Å². The second kappa shape index (κ2) is 6.58. The van der Waals surface area contributed by atoms with Crippen molar-refractivity contribution in [2.75, 3.05) is 31.1 Å². The second-order valence-electron chi connectivity index (χ2n) is 5.60. The Labute approximate surface area is 141 Å². The third kappa shape index (κ3) is 3.81. The number of carbonyl (C=O) groups is 1.